The number of aliphatic hydroxyl groups excluding tert-OH is 3. The van der Waals surface area contributed by atoms with Crippen LogP contribution < -0.4 is 10.5 Å². The van der Waals surface area contributed by atoms with Gasteiger partial charge in [-0.2, -0.15) is 0 Å². The number of rotatable bonds is 15. The number of pyridine rings is 1. The fourth-order valence-corrected chi connectivity index (χ4v) is 6.40. The monoisotopic (exact) mass is 579 g/mol. The number of ether oxygens (including phenoxy) is 1. The molecule has 0 aliphatic heterocycles. The number of aromatic hydroxyl groups is 1. The molecule has 1 saturated carbocycles. The SMILES string of the molecule is CC[C@@H]1CCC[C@H]([C@H](O)C[C@H](O)CCc2ccc(O)c(O[C@H](CO)C[C@H](Cc3ccc[nH]3)c3ccnc(N)c3)c2)CC1. The van der Waals surface area contributed by atoms with Gasteiger partial charge in [0, 0.05) is 18.1 Å². The predicted molar refractivity (Wildman–Crippen MR) is 165 cm³/mol. The van der Waals surface area contributed by atoms with Crippen molar-refractivity contribution in [2.45, 2.75) is 102 Å². The van der Waals surface area contributed by atoms with Gasteiger partial charge in [0.25, 0.3) is 0 Å². The third-order valence-corrected chi connectivity index (χ3v) is 9.01. The third-order valence-electron chi connectivity index (χ3n) is 9.01. The molecule has 0 unspecified atom stereocenters. The number of H-pyrrole nitrogens is 1. The second kappa shape index (κ2) is 16.0. The summed E-state index contributed by atoms with van der Waals surface area (Å²) in [6.45, 7) is 2.03. The molecule has 0 saturated heterocycles. The zero-order valence-electron chi connectivity index (χ0n) is 24.9. The van der Waals surface area contributed by atoms with Crippen LogP contribution in [0.3, 0.4) is 0 Å². The number of aromatic nitrogens is 2. The lowest BCUT2D eigenvalue weighted by atomic mass is 9.89. The van der Waals surface area contributed by atoms with E-state index >= 15 is 0 Å². The standard InChI is InChI=1S/C34H49N3O5/c1-2-23-5-3-6-25(11-8-23)32(41)21-29(39)12-9-24-10-13-31(40)33(17-24)42-30(22-38)19-27(18-28-7-4-15-36-28)26-14-16-37-34(35)20-26/h4,7,10,13-17,20,23,25,27,29-30,32,36,38-41H,2-3,5-6,8-9,11-12,18-19,21-22H2,1H3,(H2,35,37)/t23-,25+,27+,29-,30+,32-/m1/s1. The fourth-order valence-electron chi connectivity index (χ4n) is 6.40. The molecule has 1 fully saturated rings. The summed E-state index contributed by atoms with van der Waals surface area (Å²) in [5, 5.41) is 42.3. The van der Waals surface area contributed by atoms with Crippen molar-refractivity contribution in [1.29, 1.82) is 0 Å². The average molecular weight is 580 g/mol. The summed E-state index contributed by atoms with van der Waals surface area (Å²) in [6, 6.07) is 12.9. The second-order valence-corrected chi connectivity index (χ2v) is 12.1. The number of aromatic amines is 1. The van der Waals surface area contributed by atoms with Crippen molar-refractivity contribution in [3.8, 4) is 11.5 Å². The summed E-state index contributed by atoms with van der Waals surface area (Å²) in [5.41, 5.74) is 8.94. The zero-order chi connectivity index (χ0) is 29.9. The molecule has 8 heteroatoms. The van der Waals surface area contributed by atoms with Crippen molar-refractivity contribution in [3.05, 3.63) is 71.7 Å². The van der Waals surface area contributed by atoms with E-state index in [-0.39, 0.29) is 24.2 Å². The van der Waals surface area contributed by atoms with Gasteiger partial charge >= 0.3 is 0 Å². The van der Waals surface area contributed by atoms with Crippen molar-refractivity contribution >= 4 is 5.82 Å². The molecular formula is C34H49N3O5. The van der Waals surface area contributed by atoms with E-state index in [0.717, 1.165) is 42.0 Å². The van der Waals surface area contributed by atoms with Gasteiger partial charge in [0.05, 0.1) is 18.8 Å². The van der Waals surface area contributed by atoms with Gasteiger partial charge in [-0.1, -0.05) is 38.7 Å². The molecule has 1 aliphatic rings. The van der Waals surface area contributed by atoms with Gasteiger partial charge in [-0.15, -0.1) is 0 Å². The van der Waals surface area contributed by atoms with Gasteiger partial charge < -0.3 is 35.9 Å². The van der Waals surface area contributed by atoms with Crippen LogP contribution in [-0.2, 0) is 12.8 Å². The quantitative estimate of drug-likeness (QED) is 0.130. The molecule has 0 spiro atoms. The third kappa shape index (κ3) is 9.48. The number of nitrogens with two attached hydrogens (primary N) is 1. The van der Waals surface area contributed by atoms with E-state index in [1.54, 1.807) is 18.3 Å². The van der Waals surface area contributed by atoms with E-state index in [9.17, 15) is 20.4 Å². The highest BCUT2D eigenvalue weighted by Gasteiger charge is 2.26. The number of nitrogen functional groups attached to an aromatic ring is 1. The summed E-state index contributed by atoms with van der Waals surface area (Å²) in [5.74, 6) is 1.77. The topological polar surface area (TPSA) is 145 Å². The minimum Gasteiger partial charge on any atom is -0.504 e. The molecule has 7 N–H and O–H groups in total. The minimum absolute atomic E-state index is 0.000630. The summed E-state index contributed by atoms with van der Waals surface area (Å²) >= 11 is 0. The largest absolute Gasteiger partial charge is 0.504 e. The lowest BCUT2D eigenvalue weighted by molar-refractivity contribution is 0.0352. The molecule has 2 heterocycles. The van der Waals surface area contributed by atoms with Crippen LogP contribution in [0.2, 0.25) is 0 Å². The van der Waals surface area contributed by atoms with Crippen LogP contribution in [0.5, 0.6) is 11.5 Å². The summed E-state index contributed by atoms with van der Waals surface area (Å²) in [6.07, 6.45) is 11.5. The number of hydrogen-bond acceptors (Lipinski definition) is 7. The molecule has 0 radical (unpaired) electrons. The van der Waals surface area contributed by atoms with Crippen LogP contribution in [0.4, 0.5) is 5.82 Å². The van der Waals surface area contributed by atoms with Gasteiger partial charge in [0.2, 0.25) is 0 Å². The van der Waals surface area contributed by atoms with Crippen molar-refractivity contribution in [2.24, 2.45) is 11.8 Å². The number of anilines is 1. The molecule has 2 aromatic heterocycles. The first-order chi connectivity index (χ1) is 20.3. The Hall–Kier alpha value is -3.07. The van der Waals surface area contributed by atoms with E-state index in [1.165, 1.54) is 19.3 Å². The van der Waals surface area contributed by atoms with Gasteiger partial charge in [-0.25, -0.2) is 4.98 Å². The number of aryl methyl sites for hydroxylation is 1. The maximum atomic E-state index is 10.8. The van der Waals surface area contributed by atoms with E-state index < -0.39 is 18.3 Å². The Morgan fingerprint density at radius 1 is 1.07 bits per heavy atom. The van der Waals surface area contributed by atoms with Crippen LogP contribution in [0.25, 0.3) is 0 Å². The van der Waals surface area contributed by atoms with E-state index in [4.69, 9.17) is 10.5 Å². The molecule has 230 valence electrons. The Morgan fingerprint density at radius 2 is 1.93 bits per heavy atom. The van der Waals surface area contributed by atoms with E-state index in [0.29, 0.717) is 43.7 Å². The lowest BCUT2D eigenvalue weighted by Gasteiger charge is -2.25. The van der Waals surface area contributed by atoms with Crippen molar-refractivity contribution in [1.82, 2.24) is 9.97 Å². The first-order valence-electron chi connectivity index (χ1n) is 15.6. The van der Waals surface area contributed by atoms with Gasteiger partial charge in [0.15, 0.2) is 11.5 Å². The molecule has 4 rings (SSSR count). The number of aliphatic hydroxyl groups is 3. The smallest absolute Gasteiger partial charge is 0.161 e. The Balaban J connectivity index is 1.34. The van der Waals surface area contributed by atoms with Crippen molar-refractivity contribution in [3.63, 3.8) is 0 Å². The molecule has 0 bridgehead atoms. The molecule has 42 heavy (non-hydrogen) atoms. The first kappa shape index (κ1) is 31.9. The Morgan fingerprint density at radius 3 is 2.67 bits per heavy atom. The molecule has 0 amide bonds. The van der Waals surface area contributed by atoms with Crippen LogP contribution in [0, 0.1) is 11.8 Å². The van der Waals surface area contributed by atoms with Gasteiger partial charge in [-0.05, 0) is 110 Å². The van der Waals surface area contributed by atoms with Crippen LogP contribution >= 0.6 is 0 Å². The highest BCUT2D eigenvalue weighted by Crippen LogP contribution is 2.34. The molecule has 1 aromatic carbocycles. The van der Waals surface area contributed by atoms with Crippen LogP contribution in [0.15, 0.2) is 54.9 Å². The number of phenolic OH excluding ortho intramolecular Hbond substituents is 1. The normalized spacial score (nSPS) is 20.4. The summed E-state index contributed by atoms with van der Waals surface area (Å²) in [7, 11) is 0. The van der Waals surface area contributed by atoms with Crippen molar-refractivity contribution in [2.75, 3.05) is 12.3 Å². The zero-order valence-corrected chi connectivity index (χ0v) is 24.9. The van der Waals surface area contributed by atoms with E-state index in [1.807, 2.05) is 36.5 Å². The molecular weight excluding hydrogens is 530 g/mol. The van der Waals surface area contributed by atoms with Gasteiger partial charge in [-0.3, -0.25) is 0 Å². The molecule has 6 atom stereocenters. The first-order valence-corrected chi connectivity index (χ1v) is 15.6. The van der Waals surface area contributed by atoms with E-state index in [2.05, 4.69) is 16.9 Å². The number of hydrogen-bond donors (Lipinski definition) is 6. The molecule has 8 nitrogen and oxygen atoms in total. The maximum Gasteiger partial charge on any atom is 0.161 e. The predicted octanol–water partition coefficient (Wildman–Crippen LogP) is 5.50. The number of nitrogens with one attached hydrogen (secondary N) is 1. The minimum atomic E-state index is -0.602. The second-order valence-electron chi connectivity index (χ2n) is 12.1. The van der Waals surface area contributed by atoms with Gasteiger partial charge in [0.1, 0.15) is 11.9 Å². The maximum absolute atomic E-state index is 10.8. The highest BCUT2D eigenvalue weighted by molar-refractivity contribution is 5.42. The number of benzene rings is 1. The number of phenols is 1. The number of nitrogens with zero attached hydrogens (tertiary/aromatic N) is 1. The van der Waals surface area contributed by atoms with Crippen molar-refractivity contribution < 1.29 is 25.2 Å². The molecule has 3 aromatic rings. The fraction of sp³-hybridized carbons (Fsp3) is 0.559. The Labute approximate surface area is 250 Å². The van der Waals surface area contributed by atoms with Crippen LogP contribution in [-0.4, -0.2) is 55.3 Å². The highest BCUT2D eigenvalue weighted by atomic mass is 16.5. The Kier molecular flexibility index (Phi) is 12.1. The average Bonchev–Trinajstić information content (AvgIpc) is 3.38. The molecule has 1 aliphatic carbocycles. The summed E-state index contributed by atoms with van der Waals surface area (Å²) < 4.78 is 6.16. The van der Waals surface area contributed by atoms with Crippen LogP contribution in [0.1, 0.15) is 87.4 Å². The lowest BCUT2D eigenvalue weighted by Crippen LogP contribution is -2.26. The summed E-state index contributed by atoms with van der Waals surface area (Å²) in [4.78, 5) is 7.35. The Bertz CT molecular complexity index is 1200.